The molecule has 0 aliphatic carbocycles. The van der Waals surface area contributed by atoms with Crippen molar-refractivity contribution in [2.24, 2.45) is 0 Å². The van der Waals surface area contributed by atoms with E-state index in [1.165, 1.54) is 26.5 Å². The number of hydrogen-bond donors (Lipinski definition) is 0. The first-order valence-electron chi connectivity index (χ1n) is 4.40. The van der Waals surface area contributed by atoms with E-state index in [-0.39, 0.29) is 5.43 Å². The first-order chi connectivity index (χ1) is 7.26. The second kappa shape index (κ2) is 3.65. The minimum absolute atomic E-state index is 0.117. The van der Waals surface area contributed by atoms with Gasteiger partial charge in [0.05, 0.1) is 25.9 Å². The van der Waals surface area contributed by atoms with E-state index in [4.69, 9.17) is 13.9 Å². The van der Waals surface area contributed by atoms with Crippen LogP contribution < -0.4 is 14.9 Å². The summed E-state index contributed by atoms with van der Waals surface area (Å²) in [5.74, 6) is 1.06. The predicted octanol–water partition coefficient (Wildman–Crippen LogP) is 1.81. The maximum absolute atomic E-state index is 11.5. The Morgan fingerprint density at radius 3 is 2.67 bits per heavy atom. The summed E-state index contributed by atoms with van der Waals surface area (Å²) < 4.78 is 15.4. The molecule has 2 aromatic rings. The Balaban J connectivity index is 2.87. The van der Waals surface area contributed by atoms with Gasteiger partial charge in [0.2, 0.25) is 0 Å². The Labute approximate surface area is 86.0 Å². The molecular weight excluding hydrogens is 196 g/mol. The molecule has 15 heavy (non-hydrogen) atoms. The molecule has 0 N–H and O–H groups in total. The van der Waals surface area contributed by atoms with Crippen molar-refractivity contribution in [2.45, 2.75) is 0 Å². The number of ether oxygens (including phenoxy) is 2. The molecule has 0 aliphatic rings. The average molecular weight is 206 g/mol. The third-order valence-corrected chi connectivity index (χ3v) is 2.15. The van der Waals surface area contributed by atoms with Crippen LogP contribution in [0, 0.1) is 0 Å². The van der Waals surface area contributed by atoms with E-state index in [9.17, 15) is 4.79 Å². The fraction of sp³-hybridized carbons (Fsp3) is 0.182. The summed E-state index contributed by atoms with van der Waals surface area (Å²) in [6, 6.07) is 4.66. The van der Waals surface area contributed by atoms with Crippen LogP contribution in [0.5, 0.6) is 11.5 Å². The summed E-state index contributed by atoms with van der Waals surface area (Å²) in [6.07, 6.45) is 1.35. The lowest BCUT2D eigenvalue weighted by atomic mass is 10.2. The maximum atomic E-state index is 11.5. The van der Waals surface area contributed by atoms with Gasteiger partial charge in [-0.2, -0.15) is 0 Å². The highest BCUT2D eigenvalue weighted by atomic mass is 16.5. The van der Waals surface area contributed by atoms with Crippen molar-refractivity contribution in [3.63, 3.8) is 0 Å². The molecule has 4 nitrogen and oxygen atoms in total. The summed E-state index contributed by atoms with van der Waals surface area (Å²) in [5, 5.41) is 0.453. The molecule has 0 atom stereocenters. The monoisotopic (exact) mass is 206 g/mol. The second-order valence-corrected chi connectivity index (χ2v) is 2.99. The Bertz CT molecular complexity index is 542. The van der Waals surface area contributed by atoms with Crippen LogP contribution in [0.4, 0.5) is 0 Å². The molecule has 0 fully saturated rings. The van der Waals surface area contributed by atoms with E-state index in [1.807, 2.05) is 0 Å². The van der Waals surface area contributed by atoms with E-state index < -0.39 is 0 Å². The molecule has 4 heteroatoms. The molecule has 0 amide bonds. The smallest absolute Gasteiger partial charge is 0.192 e. The van der Waals surface area contributed by atoms with Crippen LogP contribution in [0.15, 0.2) is 33.7 Å². The Morgan fingerprint density at radius 1 is 1.20 bits per heavy atom. The zero-order valence-electron chi connectivity index (χ0n) is 8.44. The normalized spacial score (nSPS) is 10.3. The van der Waals surface area contributed by atoms with Crippen LogP contribution in [0.1, 0.15) is 0 Å². The van der Waals surface area contributed by atoms with Gasteiger partial charge < -0.3 is 13.9 Å². The van der Waals surface area contributed by atoms with Gasteiger partial charge in [-0.3, -0.25) is 4.79 Å². The number of benzene rings is 1. The third kappa shape index (κ3) is 1.54. The van der Waals surface area contributed by atoms with E-state index in [0.29, 0.717) is 22.5 Å². The van der Waals surface area contributed by atoms with Crippen molar-refractivity contribution < 1.29 is 13.9 Å². The zero-order chi connectivity index (χ0) is 10.8. The molecule has 1 heterocycles. The van der Waals surface area contributed by atoms with Gasteiger partial charge in [0.15, 0.2) is 16.8 Å². The molecule has 0 spiro atoms. The SMILES string of the molecule is COc1cc(OC)c2occc(=O)c2c1. The van der Waals surface area contributed by atoms with E-state index in [0.717, 1.165) is 0 Å². The minimum atomic E-state index is -0.117. The average Bonchev–Trinajstić information content (AvgIpc) is 2.28. The van der Waals surface area contributed by atoms with Crippen molar-refractivity contribution >= 4 is 11.0 Å². The molecule has 1 aromatic heterocycles. The van der Waals surface area contributed by atoms with E-state index in [1.54, 1.807) is 12.1 Å². The second-order valence-electron chi connectivity index (χ2n) is 2.99. The summed E-state index contributed by atoms with van der Waals surface area (Å²) in [5.41, 5.74) is 0.319. The molecule has 0 unspecified atom stereocenters. The topological polar surface area (TPSA) is 48.7 Å². The van der Waals surface area contributed by atoms with Crippen molar-refractivity contribution in [2.75, 3.05) is 14.2 Å². The lowest BCUT2D eigenvalue weighted by molar-refractivity contribution is 0.391. The summed E-state index contributed by atoms with van der Waals surface area (Å²) in [7, 11) is 3.05. The lowest BCUT2D eigenvalue weighted by Gasteiger charge is -2.06. The quantitative estimate of drug-likeness (QED) is 0.751. The van der Waals surface area contributed by atoms with Crippen LogP contribution >= 0.6 is 0 Å². The predicted molar refractivity (Wildman–Crippen MR) is 55.6 cm³/mol. The van der Waals surface area contributed by atoms with Gasteiger partial charge in [-0.15, -0.1) is 0 Å². The first kappa shape index (κ1) is 9.58. The van der Waals surface area contributed by atoms with E-state index in [2.05, 4.69) is 0 Å². The standard InChI is InChI=1S/C11H10O4/c1-13-7-5-8-9(12)3-4-15-11(8)10(6-7)14-2/h3-6H,1-2H3. The van der Waals surface area contributed by atoms with Crippen molar-refractivity contribution in [3.05, 3.63) is 34.7 Å². The summed E-state index contributed by atoms with van der Waals surface area (Å²) in [6.45, 7) is 0. The largest absolute Gasteiger partial charge is 0.497 e. The fourth-order valence-corrected chi connectivity index (χ4v) is 1.40. The van der Waals surface area contributed by atoms with Crippen LogP contribution in [0.25, 0.3) is 11.0 Å². The fourth-order valence-electron chi connectivity index (χ4n) is 1.40. The highest BCUT2D eigenvalue weighted by Gasteiger charge is 2.09. The van der Waals surface area contributed by atoms with Crippen molar-refractivity contribution in [3.8, 4) is 11.5 Å². The van der Waals surface area contributed by atoms with Crippen LogP contribution in [0.2, 0.25) is 0 Å². The molecule has 0 saturated carbocycles. The third-order valence-electron chi connectivity index (χ3n) is 2.15. The molecule has 1 aromatic carbocycles. The number of rotatable bonds is 2. The summed E-state index contributed by atoms with van der Waals surface area (Å²) in [4.78, 5) is 11.5. The molecule has 0 aliphatic heterocycles. The van der Waals surface area contributed by atoms with Gasteiger partial charge >= 0.3 is 0 Å². The van der Waals surface area contributed by atoms with Crippen LogP contribution in [-0.2, 0) is 0 Å². The van der Waals surface area contributed by atoms with Crippen LogP contribution in [-0.4, -0.2) is 14.2 Å². The Hall–Kier alpha value is -1.97. The van der Waals surface area contributed by atoms with Crippen LogP contribution in [0.3, 0.4) is 0 Å². The molecule has 78 valence electrons. The van der Waals surface area contributed by atoms with Crippen molar-refractivity contribution in [1.82, 2.24) is 0 Å². The van der Waals surface area contributed by atoms with Crippen molar-refractivity contribution in [1.29, 1.82) is 0 Å². The Morgan fingerprint density at radius 2 is 2.00 bits per heavy atom. The highest BCUT2D eigenvalue weighted by molar-refractivity contribution is 5.84. The maximum Gasteiger partial charge on any atom is 0.192 e. The van der Waals surface area contributed by atoms with Gasteiger partial charge in [-0.25, -0.2) is 0 Å². The number of hydrogen-bond acceptors (Lipinski definition) is 4. The van der Waals surface area contributed by atoms with Gasteiger partial charge in [0.1, 0.15) is 5.75 Å². The lowest BCUT2D eigenvalue weighted by Crippen LogP contribution is -2.00. The molecule has 0 radical (unpaired) electrons. The molecular formula is C11H10O4. The highest BCUT2D eigenvalue weighted by Crippen LogP contribution is 2.28. The van der Waals surface area contributed by atoms with Gasteiger partial charge in [0, 0.05) is 12.1 Å². The number of fused-ring (bicyclic) bond motifs is 1. The molecule has 0 saturated heterocycles. The molecule has 2 rings (SSSR count). The van der Waals surface area contributed by atoms with Gasteiger partial charge in [-0.1, -0.05) is 0 Å². The Kier molecular flexibility index (Phi) is 2.33. The minimum Gasteiger partial charge on any atom is -0.497 e. The van der Waals surface area contributed by atoms with E-state index >= 15 is 0 Å². The van der Waals surface area contributed by atoms with Gasteiger partial charge in [0.25, 0.3) is 0 Å². The zero-order valence-corrected chi connectivity index (χ0v) is 8.44. The summed E-state index contributed by atoms with van der Waals surface area (Å²) >= 11 is 0. The number of methoxy groups -OCH3 is 2. The van der Waals surface area contributed by atoms with Gasteiger partial charge in [-0.05, 0) is 6.07 Å². The first-order valence-corrected chi connectivity index (χ1v) is 4.40. The molecule has 0 bridgehead atoms.